The van der Waals surface area contributed by atoms with Crippen molar-refractivity contribution in [3.05, 3.63) is 81.3 Å². The summed E-state index contributed by atoms with van der Waals surface area (Å²) in [6.45, 7) is 3.65. The summed E-state index contributed by atoms with van der Waals surface area (Å²) in [6.07, 6.45) is 1.81. The molecule has 1 aliphatic rings. The highest BCUT2D eigenvalue weighted by Crippen LogP contribution is 2.42. The van der Waals surface area contributed by atoms with E-state index in [-0.39, 0.29) is 16.7 Å². The van der Waals surface area contributed by atoms with Crippen molar-refractivity contribution in [2.45, 2.75) is 32.6 Å². The Hall–Kier alpha value is -3.38. The van der Waals surface area contributed by atoms with Crippen molar-refractivity contribution in [2.24, 2.45) is 0 Å². The summed E-state index contributed by atoms with van der Waals surface area (Å²) in [5, 5.41) is 16.3. The lowest BCUT2D eigenvalue weighted by atomic mass is 9.81. The maximum Gasteiger partial charge on any atom is 0.254 e. The van der Waals surface area contributed by atoms with Gasteiger partial charge in [-0.15, -0.1) is 11.8 Å². The molecule has 1 unspecified atom stereocenters. The lowest BCUT2D eigenvalue weighted by Gasteiger charge is -2.30. The number of unbranched alkanes of at least 4 members (excludes halogenated alkanes) is 1. The van der Waals surface area contributed by atoms with E-state index in [2.05, 4.69) is 16.7 Å². The van der Waals surface area contributed by atoms with Gasteiger partial charge >= 0.3 is 0 Å². The largest absolute Gasteiger partial charge is 0.495 e. The minimum Gasteiger partial charge on any atom is -0.495 e. The van der Waals surface area contributed by atoms with Gasteiger partial charge in [0.05, 0.1) is 35.4 Å². The van der Waals surface area contributed by atoms with Gasteiger partial charge in [-0.05, 0) is 37.3 Å². The van der Waals surface area contributed by atoms with E-state index in [1.165, 1.54) is 18.9 Å². The van der Waals surface area contributed by atoms with E-state index in [9.17, 15) is 23.2 Å². The SMILES string of the molecule is CCCCSC1=C(C#N)C(c2cc(F)c(F)cc2F)C(C(=O)Nc2ccccc2OC)=C(C)N1. The molecule has 1 atom stereocenters. The molecule has 0 aromatic heterocycles. The summed E-state index contributed by atoms with van der Waals surface area (Å²) in [6, 6.07) is 9.91. The first-order valence-corrected chi connectivity index (χ1v) is 11.6. The van der Waals surface area contributed by atoms with Crippen LogP contribution in [-0.4, -0.2) is 18.8 Å². The van der Waals surface area contributed by atoms with Crippen LogP contribution in [-0.2, 0) is 4.79 Å². The molecule has 0 saturated heterocycles. The number of anilines is 1. The molecule has 0 radical (unpaired) electrons. The fourth-order valence-electron chi connectivity index (χ4n) is 3.65. The lowest BCUT2D eigenvalue weighted by Crippen LogP contribution is -2.31. The first-order valence-electron chi connectivity index (χ1n) is 10.7. The molecule has 2 aromatic rings. The summed E-state index contributed by atoms with van der Waals surface area (Å²) in [4.78, 5) is 13.4. The Bertz CT molecular complexity index is 1200. The molecular formula is C25H24F3N3O2S. The fraction of sp³-hybridized carbons (Fsp3) is 0.280. The molecule has 1 amide bonds. The van der Waals surface area contributed by atoms with Gasteiger partial charge in [0.25, 0.3) is 5.91 Å². The highest BCUT2D eigenvalue weighted by molar-refractivity contribution is 8.03. The predicted octanol–water partition coefficient (Wildman–Crippen LogP) is 5.98. The van der Waals surface area contributed by atoms with E-state index < -0.39 is 29.3 Å². The van der Waals surface area contributed by atoms with Crippen LogP contribution >= 0.6 is 11.8 Å². The summed E-state index contributed by atoms with van der Waals surface area (Å²) in [5.74, 6) is -4.45. The Morgan fingerprint density at radius 3 is 2.59 bits per heavy atom. The van der Waals surface area contributed by atoms with Gasteiger partial charge in [0.15, 0.2) is 11.6 Å². The van der Waals surface area contributed by atoms with E-state index in [1.807, 2.05) is 6.92 Å². The topological polar surface area (TPSA) is 74.2 Å². The van der Waals surface area contributed by atoms with Gasteiger partial charge in [-0.25, -0.2) is 13.2 Å². The number of nitrogens with zero attached hydrogens (tertiary/aromatic N) is 1. The average Bonchev–Trinajstić information content (AvgIpc) is 2.81. The second kappa shape index (κ2) is 11.2. The molecule has 5 nitrogen and oxygen atoms in total. The van der Waals surface area contributed by atoms with Crippen molar-refractivity contribution in [2.75, 3.05) is 18.2 Å². The van der Waals surface area contributed by atoms with E-state index in [0.29, 0.717) is 40.0 Å². The molecular weight excluding hydrogens is 463 g/mol. The second-order valence-electron chi connectivity index (χ2n) is 7.60. The van der Waals surface area contributed by atoms with Crippen molar-refractivity contribution >= 4 is 23.4 Å². The normalized spacial score (nSPS) is 15.6. The van der Waals surface area contributed by atoms with Crippen LogP contribution in [0, 0.1) is 28.8 Å². The second-order valence-corrected chi connectivity index (χ2v) is 8.70. The molecule has 0 fully saturated rings. The van der Waals surface area contributed by atoms with Gasteiger partial charge in [-0.2, -0.15) is 5.26 Å². The Morgan fingerprint density at radius 1 is 1.21 bits per heavy atom. The number of halogens is 3. The zero-order valence-electron chi connectivity index (χ0n) is 19.0. The van der Waals surface area contributed by atoms with Crippen molar-refractivity contribution in [1.82, 2.24) is 5.32 Å². The molecule has 34 heavy (non-hydrogen) atoms. The number of hydrogen-bond donors (Lipinski definition) is 2. The van der Waals surface area contributed by atoms with Crippen LogP contribution in [0.5, 0.6) is 5.75 Å². The Balaban J connectivity index is 2.13. The molecule has 2 aromatic carbocycles. The van der Waals surface area contributed by atoms with Crippen molar-refractivity contribution in [1.29, 1.82) is 5.26 Å². The summed E-state index contributed by atoms with van der Waals surface area (Å²) in [7, 11) is 1.45. The number of rotatable bonds is 8. The number of nitriles is 1. The summed E-state index contributed by atoms with van der Waals surface area (Å²) in [5.41, 5.74) is 0.522. The van der Waals surface area contributed by atoms with Gasteiger partial charge < -0.3 is 15.4 Å². The van der Waals surface area contributed by atoms with Crippen LogP contribution in [0.25, 0.3) is 0 Å². The van der Waals surface area contributed by atoms with Crippen LogP contribution in [0.4, 0.5) is 18.9 Å². The smallest absolute Gasteiger partial charge is 0.254 e. The number of nitrogens with one attached hydrogen (secondary N) is 2. The number of methoxy groups -OCH3 is 1. The summed E-state index contributed by atoms with van der Waals surface area (Å²) >= 11 is 1.36. The van der Waals surface area contributed by atoms with Crippen LogP contribution < -0.4 is 15.4 Å². The fourth-order valence-corrected chi connectivity index (χ4v) is 4.84. The van der Waals surface area contributed by atoms with Crippen LogP contribution in [0.2, 0.25) is 0 Å². The monoisotopic (exact) mass is 487 g/mol. The van der Waals surface area contributed by atoms with E-state index in [0.717, 1.165) is 12.8 Å². The van der Waals surface area contributed by atoms with Gasteiger partial charge in [0.1, 0.15) is 11.6 Å². The van der Waals surface area contributed by atoms with Crippen LogP contribution in [0.15, 0.2) is 58.3 Å². The van der Waals surface area contributed by atoms with Crippen molar-refractivity contribution in [3.8, 4) is 11.8 Å². The number of carbonyl (C=O) groups excluding carboxylic acids is 1. The van der Waals surface area contributed by atoms with E-state index in [1.54, 1.807) is 31.2 Å². The number of allylic oxidation sites excluding steroid dienone is 2. The highest BCUT2D eigenvalue weighted by atomic mass is 32.2. The van der Waals surface area contributed by atoms with E-state index in [4.69, 9.17) is 4.74 Å². The third kappa shape index (κ3) is 5.23. The Morgan fingerprint density at radius 2 is 1.91 bits per heavy atom. The van der Waals surface area contributed by atoms with Crippen LogP contribution in [0.3, 0.4) is 0 Å². The molecule has 1 heterocycles. The molecule has 0 aliphatic carbocycles. The van der Waals surface area contributed by atoms with Gasteiger partial charge in [-0.1, -0.05) is 25.5 Å². The minimum atomic E-state index is -1.35. The molecule has 0 bridgehead atoms. The molecule has 0 spiro atoms. The van der Waals surface area contributed by atoms with Crippen LogP contribution in [0.1, 0.15) is 38.2 Å². The van der Waals surface area contributed by atoms with Gasteiger partial charge in [0.2, 0.25) is 0 Å². The van der Waals surface area contributed by atoms with E-state index >= 15 is 0 Å². The molecule has 3 rings (SSSR count). The number of ether oxygens (including phenoxy) is 1. The molecule has 0 saturated carbocycles. The maximum atomic E-state index is 14.9. The number of para-hydroxylation sites is 2. The number of benzene rings is 2. The number of dihydropyridines is 1. The molecule has 1 aliphatic heterocycles. The first-order chi connectivity index (χ1) is 16.3. The first kappa shape index (κ1) is 25.2. The molecule has 178 valence electrons. The number of amides is 1. The summed E-state index contributed by atoms with van der Waals surface area (Å²) < 4.78 is 48.0. The van der Waals surface area contributed by atoms with Crippen molar-refractivity contribution in [3.63, 3.8) is 0 Å². The zero-order chi connectivity index (χ0) is 24.8. The Kier molecular flexibility index (Phi) is 8.29. The lowest BCUT2D eigenvalue weighted by molar-refractivity contribution is -0.113. The van der Waals surface area contributed by atoms with Crippen molar-refractivity contribution < 1.29 is 22.7 Å². The minimum absolute atomic E-state index is 0.0206. The third-order valence-corrected chi connectivity index (χ3v) is 6.45. The number of hydrogen-bond acceptors (Lipinski definition) is 5. The molecule has 9 heteroatoms. The van der Waals surface area contributed by atoms with Gasteiger partial charge in [-0.3, -0.25) is 4.79 Å². The maximum absolute atomic E-state index is 14.9. The quantitative estimate of drug-likeness (QED) is 0.354. The Labute approximate surface area is 200 Å². The van der Waals surface area contributed by atoms with Gasteiger partial charge in [0, 0.05) is 22.9 Å². The number of thioether (sulfide) groups is 1. The average molecular weight is 488 g/mol. The zero-order valence-corrected chi connectivity index (χ0v) is 19.8. The molecule has 2 N–H and O–H groups in total. The predicted molar refractivity (Wildman–Crippen MR) is 127 cm³/mol. The highest BCUT2D eigenvalue weighted by Gasteiger charge is 2.37. The standard InChI is InChI=1S/C25H24F3N3O2S/c1-4-5-10-34-25-16(13-29)23(15-11-18(27)19(28)12-17(15)26)22(14(2)30-25)24(32)31-20-8-6-7-9-21(20)33-3/h6-9,11-12,23,30H,4-5,10H2,1-3H3,(H,31,32). The third-order valence-electron chi connectivity index (χ3n) is 5.34. The number of carbonyl (C=O) groups is 1.